The van der Waals surface area contributed by atoms with Crippen molar-refractivity contribution in [3.8, 4) is 5.75 Å². The molecular formula is C12H11N3O2S. The highest BCUT2D eigenvalue weighted by atomic mass is 32.2. The van der Waals surface area contributed by atoms with Crippen LogP contribution in [0.3, 0.4) is 0 Å². The first kappa shape index (κ1) is 11.2. The first-order valence-corrected chi connectivity index (χ1v) is 6.64. The number of anilines is 2. The number of phenolic OH excluding ortho intramolecular Hbond substituents is 1. The molecule has 1 aromatic heterocycles. The van der Waals surface area contributed by atoms with E-state index in [0.717, 1.165) is 28.5 Å². The molecule has 0 spiro atoms. The van der Waals surface area contributed by atoms with Gasteiger partial charge in [0, 0.05) is 22.8 Å². The van der Waals surface area contributed by atoms with Crippen LogP contribution in [-0.4, -0.2) is 15.1 Å². The van der Waals surface area contributed by atoms with Crippen LogP contribution in [0.4, 0.5) is 11.6 Å². The van der Waals surface area contributed by atoms with Crippen LogP contribution in [-0.2, 0) is 11.5 Å². The van der Waals surface area contributed by atoms with Crippen molar-refractivity contribution in [1.29, 1.82) is 0 Å². The molecule has 0 fully saturated rings. The van der Waals surface area contributed by atoms with Gasteiger partial charge in [-0.2, -0.15) is 11.8 Å². The lowest BCUT2D eigenvalue weighted by Crippen LogP contribution is -2.16. The summed E-state index contributed by atoms with van der Waals surface area (Å²) in [4.78, 5) is 18.9. The molecule has 1 aliphatic rings. The van der Waals surface area contributed by atoms with Gasteiger partial charge in [-0.25, -0.2) is 4.98 Å². The Labute approximate surface area is 107 Å². The molecule has 2 heterocycles. The van der Waals surface area contributed by atoms with E-state index in [1.54, 1.807) is 36.0 Å². The molecule has 3 N–H and O–H groups in total. The number of thioether (sulfide) groups is 1. The zero-order valence-electron chi connectivity index (χ0n) is 9.43. The first-order valence-electron chi connectivity index (χ1n) is 5.48. The van der Waals surface area contributed by atoms with Crippen molar-refractivity contribution in [2.75, 3.05) is 5.32 Å². The standard InChI is InChI=1S/C12H11N3O2S/c16-8-3-1-7(2-4-8)13-12-14-10-6-18-5-9(10)11(17)15-12/h1-4,16H,5-6H2,(H2,13,14,15,17). The van der Waals surface area contributed by atoms with E-state index in [2.05, 4.69) is 15.3 Å². The summed E-state index contributed by atoms with van der Waals surface area (Å²) in [6, 6.07) is 6.59. The van der Waals surface area contributed by atoms with E-state index in [-0.39, 0.29) is 11.3 Å². The van der Waals surface area contributed by atoms with Crippen LogP contribution in [0.15, 0.2) is 29.1 Å². The Morgan fingerprint density at radius 3 is 2.83 bits per heavy atom. The van der Waals surface area contributed by atoms with Crippen molar-refractivity contribution in [2.24, 2.45) is 0 Å². The van der Waals surface area contributed by atoms with Crippen LogP contribution in [0.2, 0.25) is 0 Å². The second-order valence-electron chi connectivity index (χ2n) is 4.00. The maximum Gasteiger partial charge on any atom is 0.256 e. The van der Waals surface area contributed by atoms with Gasteiger partial charge in [0.05, 0.1) is 5.69 Å². The molecule has 6 heteroatoms. The average Bonchev–Trinajstić information content (AvgIpc) is 2.81. The maximum absolute atomic E-state index is 11.8. The summed E-state index contributed by atoms with van der Waals surface area (Å²) in [6.45, 7) is 0. The topological polar surface area (TPSA) is 78.0 Å². The number of aromatic amines is 1. The molecule has 0 saturated heterocycles. The van der Waals surface area contributed by atoms with Crippen molar-refractivity contribution >= 4 is 23.4 Å². The minimum absolute atomic E-state index is 0.0775. The molecular weight excluding hydrogens is 250 g/mol. The molecule has 0 amide bonds. The molecule has 0 bridgehead atoms. The Morgan fingerprint density at radius 2 is 2.06 bits per heavy atom. The van der Waals surface area contributed by atoms with Gasteiger partial charge < -0.3 is 10.4 Å². The Balaban J connectivity index is 1.92. The summed E-state index contributed by atoms with van der Waals surface area (Å²) in [7, 11) is 0. The first-order chi connectivity index (χ1) is 8.72. The number of H-pyrrole nitrogens is 1. The molecule has 0 radical (unpaired) electrons. The highest BCUT2D eigenvalue weighted by molar-refractivity contribution is 7.98. The van der Waals surface area contributed by atoms with Crippen LogP contribution >= 0.6 is 11.8 Å². The normalized spacial score (nSPS) is 13.3. The van der Waals surface area contributed by atoms with Crippen LogP contribution in [0.25, 0.3) is 0 Å². The Bertz CT molecular complexity index is 637. The summed E-state index contributed by atoms with van der Waals surface area (Å²) in [6.07, 6.45) is 0. The number of nitrogens with one attached hydrogen (secondary N) is 2. The Morgan fingerprint density at radius 1 is 1.28 bits per heavy atom. The lowest BCUT2D eigenvalue weighted by Gasteiger charge is -2.06. The third kappa shape index (κ3) is 2.06. The van der Waals surface area contributed by atoms with Gasteiger partial charge in [-0.05, 0) is 24.3 Å². The number of hydrogen-bond acceptors (Lipinski definition) is 5. The zero-order chi connectivity index (χ0) is 12.5. The van der Waals surface area contributed by atoms with E-state index in [9.17, 15) is 9.90 Å². The molecule has 1 aromatic carbocycles. The fourth-order valence-corrected chi connectivity index (χ4v) is 2.84. The third-order valence-corrected chi connectivity index (χ3v) is 3.69. The second kappa shape index (κ2) is 4.38. The Hall–Kier alpha value is -1.95. The molecule has 1 aliphatic heterocycles. The highest BCUT2D eigenvalue weighted by Gasteiger charge is 2.17. The van der Waals surface area contributed by atoms with Crippen LogP contribution in [0, 0.1) is 0 Å². The van der Waals surface area contributed by atoms with Crippen molar-refractivity contribution in [3.05, 3.63) is 45.9 Å². The zero-order valence-corrected chi connectivity index (χ0v) is 10.3. The Kier molecular flexibility index (Phi) is 2.71. The number of phenols is 1. The summed E-state index contributed by atoms with van der Waals surface area (Å²) < 4.78 is 0. The van der Waals surface area contributed by atoms with Gasteiger partial charge >= 0.3 is 0 Å². The van der Waals surface area contributed by atoms with Gasteiger partial charge in [0.2, 0.25) is 5.95 Å². The maximum atomic E-state index is 11.8. The van der Waals surface area contributed by atoms with E-state index in [1.165, 1.54) is 0 Å². The van der Waals surface area contributed by atoms with Gasteiger partial charge in [-0.1, -0.05) is 0 Å². The van der Waals surface area contributed by atoms with Crippen molar-refractivity contribution in [3.63, 3.8) is 0 Å². The molecule has 18 heavy (non-hydrogen) atoms. The summed E-state index contributed by atoms with van der Waals surface area (Å²) in [5, 5.41) is 12.2. The number of benzene rings is 1. The smallest absolute Gasteiger partial charge is 0.256 e. The quantitative estimate of drug-likeness (QED) is 0.720. The molecule has 5 nitrogen and oxygen atoms in total. The fraction of sp³-hybridized carbons (Fsp3) is 0.167. The number of aromatic nitrogens is 2. The van der Waals surface area contributed by atoms with E-state index < -0.39 is 0 Å². The minimum Gasteiger partial charge on any atom is -0.508 e. The molecule has 3 rings (SSSR count). The third-order valence-electron chi connectivity index (χ3n) is 2.72. The lowest BCUT2D eigenvalue weighted by molar-refractivity contribution is 0.475. The van der Waals surface area contributed by atoms with Crippen molar-refractivity contribution in [2.45, 2.75) is 11.5 Å². The SMILES string of the molecule is O=c1[nH]c(Nc2ccc(O)cc2)nc2c1CSC2. The number of rotatable bonds is 2. The van der Waals surface area contributed by atoms with E-state index in [1.807, 2.05) is 0 Å². The molecule has 2 aromatic rings. The number of aromatic hydroxyl groups is 1. The largest absolute Gasteiger partial charge is 0.508 e. The average molecular weight is 261 g/mol. The van der Waals surface area contributed by atoms with Gasteiger partial charge in [0.1, 0.15) is 5.75 Å². The van der Waals surface area contributed by atoms with E-state index >= 15 is 0 Å². The lowest BCUT2D eigenvalue weighted by atomic mass is 10.3. The molecule has 92 valence electrons. The predicted octanol–water partition coefficient (Wildman–Crippen LogP) is 1.97. The molecule has 0 saturated carbocycles. The summed E-state index contributed by atoms with van der Waals surface area (Å²) in [5.41, 5.74) is 2.31. The molecule has 0 unspecified atom stereocenters. The fourth-order valence-electron chi connectivity index (χ4n) is 1.80. The minimum atomic E-state index is -0.0775. The highest BCUT2D eigenvalue weighted by Crippen LogP contribution is 2.26. The molecule has 0 aliphatic carbocycles. The van der Waals surface area contributed by atoms with Gasteiger partial charge in [0.15, 0.2) is 0 Å². The second-order valence-corrected chi connectivity index (χ2v) is 4.99. The van der Waals surface area contributed by atoms with Gasteiger partial charge in [-0.15, -0.1) is 0 Å². The van der Waals surface area contributed by atoms with Crippen molar-refractivity contribution in [1.82, 2.24) is 9.97 Å². The van der Waals surface area contributed by atoms with Crippen LogP contribution < -0.4 is 10.9 Å². The molecule has 0 atom stereocenters. The number of nitrogens with zero attached hydrogens (tertiary/aromatic N) is 1. The predicted molar refractivity (Wildman–Crippen MR) is 71.2 cm³/mol. The van der Waals surface area contributed by atoms with Gasteiger partial charge in [-0.3, -0.25) is 9.78 Å². The van der Waals surface area contributed by atoms with Crippen LogP contribution in [0.5, 0.6) is 5.75 Å². The number of hydrogen-bond donors (Lipinski definition) is 3. The van der Waals surface area contributed by atoms with Crippen LogP contribution in [0.1, 0.15) is 11.3 Å². The summed E-state index contributed by atoms with van der Waals surface area (Å²) in [5.74, 6) is 2.15. The van der Waals surface area contributed by atoms with Crippen molar-refractivity contribution < 1.29 is 5.11 Å². The number of fused-ring (bicyclic) bond motifs is 1. The van der Waals surface area contributed by atoms with Gasteiger partial charge in [0.25, 0.3) is 5.56 Å². The van der Waals surface area contributed by atoms with E-state index in [0.29, 0.717) is 5.95 Å². The monoisotopic (exact) mass is 261 g/mol. The van der Waals surface area contributed by atoms with E-state index in [4.69, 9.17) is 0 Å². The summed E-state index contributed by atoms with van der Waals surface area (Å²) >= 11 is 1.69.